The van der Waals surface area contributed by atoms with Gasteiger partial charge in [-0.1, -0.05) is 18.2 Å². The van der Waals surface area contributed by atoms with E-state index in [9.17, 15) is 5.11 Å². The molecule has 1 aliphatic rings. The SMILES string of the molecule is OC1CCC(Nc2nccc(-c3c[nH]c4ccccc34)n2)CC1. The number of anilines is 1. The summed E-state index contributed by atoms with van der Waals surface area (Å²) in [5, 5.41) is 14.2. The molecule has 3 aromatic rings. The van der Waals surface area contributed by atoms with Crippen LogP contribution in [0.15, 0.2) is 42.7 Å². The summed E-state index contributed by atoms with van der Waals surface area (Å²) in [5.74, 6) is 0.661. The van der Waals surface area contributed by atoms with E-state index in [4.69, 9.17) is 0 Å². The molecule has 2 heterocycles. The minimum atomic E-state index is -0.147. The number of nitrogens with zero attached hydrogens (tertiary/aromatic N) is 2. The molecule has 4 rings (SSSR count). The average molecular weight is 308 g/mol. The highest BCUT2D eigenvalue weighted by atomic mass is 16.3. The number of hydrogen-bond acceptors (Lipinski definition) is 4. The molecule has 1 fully saturated rings. The van der Waals surface area contributed by atoms with Crippen molar-refractivity contribution in [2.45, 2.75) is 37.8 Å². The van der Waals surface area contributed by atoms with Gasteiger partial charge in [0.2, 0.25) is 5.95 Å². The highest BCUT2D eigenvalue weighted by molar-refractivity contribution is 5.94. The fourth-order valence-corrected chi connectivity index (χ4v) is 3.26. The summed E-state index contributed by atoms with van der Waals surface area (Å²) in [5.41, 5.74) is 3.11. The quantitative estimate of drug-likeness (QED) is 0.694. The molecule has 0 aliphatic heterocycles. The maximum atomic E-state index is 9.60. The number of fused-ring (bicyclic) bond motifs is 1. The van der Waals surface area contributed by atoms with Crippen molar-refractivity contribution in [1.82, 2.24) is 15.0 Å². The molecule has 0 radical (unpaired) electrons. The van der Waals surface area contributed by atoms with Crippen molar-refractivity contribution in [3.05, 3.63) is 42.7 Å². The lowest BCUT2D eigenvalue weighted by molar-refractivity contribution is 0.126. The number of para-hydroxylation sites is 1. The number of rotatable bonds is 3. The monoisotopic (exact) mass is 308 g/mol. The third kappa shape index (κ3) is 2.92. The number of aromatic nitrogens is 3. The molecule has 0 atom stereocenters. The number of nitrogens with one attached hydrogen (secondary N) is 2. The standard InChI is InChI=1S/C18H20N4O/c23-13-7-5-12(6-8-13)21-18-19-10-9-17(22-18)15-11-20-16-4-2-1-3-14(15)16/h1-4,9-13,20,23H,5-8H2,(H,19,21,22). The highest BCUT2D eigenvalue weighted by Crippen LogP contribution is 2.28. The van der Waals surface area contributed by atoms with Crippen molar-refractivity contribution < 1.29 is 5.11 Å². The normalized spacial score (nSPS) is 21.4. The minimum Gasteiger partial charge on any atom is -0.393 e. The van der Waals surface area contributed by atoms with Crippen LogP contribution in [0.25, 0.3) is 22.2 Å². The highest BCUT2D eigenvalue weighted by Gasteiger charge is 2.20. The molecule has 0 amide bonds. The van der Waals surface area contributed by atoms with Gasteiger partial charge in [0, 0.05) is 34.9 Å². The van der Waals surface area contributed by atoms with Crippen LogP contribution in [-0.2, 0) is 0 Å². The Balaban J connectivity index is 1.59. The van der Waals surface area contributed by atoms with Gasteiger partial charge in [-0.2, -0.15) is 0 Å². The van der Waals surface area contributed by atoms with Crippen molar-refractivity contribution in [2.75, 3.05) is 5.32 Å². The Labute approximate surface area is 134 Å². The number of aromatic amines is 1. The summed E-state index contributed by atoms with van der Waals surface area (Å²) in [7, 11) is 0. The smallest absolute Gasteiger partial charge is 0.223 e. The Morgan fingerprint density at radius 2 is 1.91 bits per heavy atom. The Morgan fingerprint density at radius 3 is 2.78 bits per heavy atom. The van der Waals surface area contributed by atoms with Gasteiger partial charge < -0.3 is 15.4 Å². The van der Waals surface area contributed by atoms with E-state index in [2.05, 4.69) is 32.4 Å². The zero-order valence-corrected chi connectivity index (χ0v) is 12.9. The Morgan fingerprint density at radius 1 is 1.09 bits per heavy atom. The van der Waals surface area contributed by atoms with Gasteiger partial charge in [-0.15, -0.1) is 0 Å². The zero-order chi connectivity index (χ0) is 15.6. The summed E-state index contributed by atoms with van der Waals surface area (Å²) in [6.07, 6.45) is 7.26. The van der Waals surface area contributed by atoms with Crippen LogP contribution in [0.4, 0.5) is 5.95 Å². The topological polar surface area (TPSA) is 73.8 Å². The molecule has 2 aromatic heterocycles. The van der Waals surface area contributed by atoms with Crippen molar-refractivity contribution in [3.63, 3.8) is 0 Å². The van der Waals surface area contributed by atoms with Gasteiger partial charge in [-0.05, 0) is 37.8 Å². The lowest BCUT2D eigenvalue weighted by Gasteiger charge is -2.26. The predicted molar refractivity (Wildman–Crippen MR) is 91.2 cm³/mol. The first kappa shape index (κ1) is 14.2. The largest absolute Gasteiger partial charge is 0.393 e. The summed E-state index contributed by atoms with van der Waals surface area (Å²) in [4.78, 5) is 12.3. The maximum Gasteiger partial charge on any atom is 0.223 e. The lowest BCUT2D eigenvalue weighted by Crippen LogP contribution is -2.28. The van der Waals surface area contributed by atoms with Crippen LogP contribution in [-0.4, -0.2) is 32.2 Å². The molecule has 1 saturated carbocycles. The Bertz CT molecular complexity index is 805. The maximum absolute atomic E-state index is 9.60. The molecule has 0 spiro atoms. The summed E-state index contributed by atoms with van der Waals surface area (Å²) in [6.45, 7) is 0. The van der Waals surface area contributed by atoms with Crippen molar-refractivity contribution >= 4 is 16.9 Å². The van der Waals surface area contributed by atoms with Crippen molar-refractivity contribution in [3.8, 4) is 11.3 Å². The van der Waals surface area contributed by atoms with Crippen LogP contribution in [0.1, 0.15) is 25.7 Å². The summed E-state index contributed by atoms with van der Waals surface area (Å²) < 4.78 is 0. The van der Waals surface area contributed by atoms with Gasteiger partial charge in [-0.3, -0.25) is 0 Å². The van der Waals surface area contributed by atoms with E-state index in [0.717, 1.165) is 47.8 Å². The second-order valence-electron chi connectivity index (χ2n) is 6.16. The molecule has 5 heteroatoms. The first-order valence-electron chi connectivity index (χ1n) is 8.14. The lowest BCUT2D eigenvalue weighted by atomic mass is 9.93. The fourth-order valence-electron chi connectivity index (χ4n) is 3.26. The third-order valence-corrected chi connectivity index (χ3v) is 4.55. The Kier molecular flexibility index (Phi) is 3.71. The van der Waals surface area contributed by atoms with E-state index >= 15 is 0 Å². The molecule has 3 N–H and O–H groups in total. The second-order valence-corrected chi connectivity index (χ2v) is 6.16. The zero-order valence-electron chi connectivity index (χ0n) is 12.9. The van der Waals surface area contributed by atoms with Crippen LogP contribution >= 0.6 is 0 Å². The molecule has 0 unspecified atom stereocenters. The molecular weight excluding hydrogens is 288 g/mol. The number of hydrogen-bond donors (Lipinski definition) is 3. The van der Waals surface area contributed by atoms with Gasteiger partial charge in [0.25, 0.3) is 0 Å². The molecule has 5 nitrogen and oxygen atoms in total. The van der Waals surface area contributed by atoms with E-state index < -0.39 is 0 Å². The van der Waals surface area contributed by atoms with Gasteiger partial charge >= 0.3 is 0 Å². The molecule has 23 heavy (non-hydrogen) atoms. The molecule has 0 bridgehead atoms. The molecule has 1 aliphatic carbocycles. The van der Waals surface area contributed by atoms with Gasteiger partial charge in [0.05, 0.1) is 11.8 Å². The van der Waals surface area contributed by atoms with Crippen molar-refractivity contribution in [2.24, 2.45) is 0 Å². The summed E-state index contributed by atoms with van der Waals surface area (Å²) >= 11 is 0. The number of H-pyrrole nitrogens is 1. The Hall–Kier alpha value is -2.40. The van der Waals surface area contributed by atoms with Gasteiger partial charge in [-0.25, -0.2) is 9.97 Å². The predicted octanol–water partition coefficient (Wildman–Crippen LogP) is 3.34. The van der Waals surface area contributed by atoms with Crippen LogP contribution < -0.4 is 5.32 Å². The number of aliphatic hydroxyl groups excluding tert-OH is 1. The molecular formula is C18H20N4O. The first-order valence-corrected chi connectivity index (χ1v) is 8.14. The van der Waals surface area contributed by atoms with E-state index in [1.165, 1.54) is 0 Å². The third-order valence-electron chi connectivity index (χ3n) is 4.55. The van der Waals surface area contributed by atoms with Crippen LogP contribution in [0.5, 0.6) is 0 Å². The van der Waals surface area contributed by atoms with Crippen LogP contribution in [0.2, 0.25) is 0 Å². The van der Waals surface area contributed by atoms with E-state index in [1.54, 1.807) is 6.20 Å². The fraction of sp³-hybridized carbons (Fsp3) is 0.333. The summed E-state index contributed by atoms with van der Waals surface area (Å²) in [6, 6.07) is 10.5. The molecule has 118 valence electrons. The van der Waals surface area contributed by atoms with Gasteiger partial charge in [0.15, 0.2) is 0 Å². The van der Waals surface area contributed by atoms with Crippen LogP contribution in [0, 0.1) is 0 Å². The minimum absolute atomic E-state index is 0.147. The van der Waals surface area contributed by atoms with E-state index in [0.29, 0.717) is 12.0 Å². The van der Waals surface area contributed by atoms with E-state index in [-0.39, 0.29) is 6.10 Å². The van der Waals surface area contributed by atoms with Gasteiger partial charge in [0.1, 0.15) is 0 Å². The molecule has 1 aromatic carbocycles. The number of benzene rings is 1. The van der Waals surface area contributed by atoms with Crippen LogP contribution in [0.3, 0.4) is 0 Å². The second kappa shape index (κ2) is 6.01. The number of aliphatic hydroxyl groups is 1. The first-order chi connectivity index (χ1) is 11.3. The van der Waals surface area contributed by atoms with Crippen molar-refractivity contribution in [1.29, 1.82) is 0 Å². The average Bonchev–Trinajstić information content (AvgIpc) is 3.01. The molecule has 0 saturated heterocycles. The van der Waals surface area contributed by atoms with E-state index in [1.807, 2.05) is 24.4 Å².